The number of nitrogens with zero attached hydrogens (tertiary/aromatic N) is 3. The number of aromatic amines is 1. The fraction of sp³-hybridized carbons (Fsp3) is 0.200. The summed E-state index contributed by atoms with van der Waals surface area (Å²) in [7, 11) is -4.32. The number of hydrogen-bond donors (Lipinski definition) is 2. The van der Waals surface area contributed by atoms with E-state index in [1.165, 1.54) is 0 Å². The molecule has 1 atom stereocenters. The number of aromatic nitrogens is 4. The molecule has 0 bridgehead atoms. The van der Waals surface area contributed by atoms with Gasteiger partial charge in [0.2, 0.25) is 10.0 Å². The highest BCUT2D eigenvalue weighted by Crippen LogP contribution is 2.28. The monoisotopic (exact) mass is 525 g/mol. The van der Waals surface area contributed by atoms with Crippen molar-refractivity contribution in [2.45, 2.75) is 31.3 Å². The predicted molar refractivity (Wildman–Crippen MR) is 117 cm³/mol. The average molecular weight is 526 g/mol. The number of ether oxygens (including phenoxy) is 1. The summed E-state index contributed by atoms with van der Waals surface area (Å²) in [4.78, 5) is 2.41. The van der Waals surface area contributed by atoms with Crippen LogP contribution in [0.4, 0.5) is 8.78 Å². The molecule has 12 heteroatoms. The standard InChI is InChI=1S/C20H18BrF2N5O3S/c1-3-28-19(11(2)27-32(29,30)18-9-14(21)15(22)10-16(18)23)25-26-20(28)31-13-5-4-12-6-7-24-17(12)8-13/h4-11,24,27H,3H2,1-2H3/t11-/m1/s1. The van der Waals surface area contributed by atoms with E-state index in [1.54, 1.807) is 17.6 Å². The molecule has 0 fully saturated rings. The molecule has 4 rings (SSSR count). The first-order valence-corrected chi connectivity index (χ1v) is 11.8. The molecule has 0 amide bonds. The molecule has 2 aromatic heterocycles. The molecular formula is C20H18BrF2N5O3S. The number of halogens is 3. The number of sulfonamides is 1. The van der Waals surface area contributed by atoms with Crippen LogP contribution >= 0.6 is 15.9 Å². The molecule has 2 N–H and O–H groups in total. The van der Waals surface area contributed by atoms with Crippen molar-refractivity contribution in [1.82, 2.24) is 24.5 Å². The van der Waals surface area contributed by atoms with E-state index < -0.39 is 32.6 Å². The largest absolute Gasteiger partial charge is 0.424 e. The SMILES string of the molecule is CCn1c(Oc2ccc3cc[nH]c3c2)nnc1[C@@H](C)NS(=O)(=O)c1cc(Br)c(F)cc1F. The first-order chi connectivity index (χ1) is 15.2. The lowest BCUT2D eigenvalue weighted by atomic mass is 10.2. The van der Waals surface area contributed by atoms with Crippen LogP contribution in [0.1, 0.15) is 25.7 Å². The Labute approximate surface area is 190 Å². The first kappa shape index (κ1) is 22.4. The van der Waals surface area contributed by atoms with Crippen LogP contribution < -0.4 is 9.46 Å². The molecule has 2 heterocycles. The van der Waals surface area contributed by atoms with Crippen molar-refractivity contribution in [2.24, 2.45) is 0 Å². The highest BCUT2D eigenvalue weighted by Gasteiger charge is 2.27. The van der Waals surface area contributed by atoms with Crippen molar-refractivity contribution in [3.8, 4) is 11.8 Å². The molecule has 0 saturated heterocycles. The van der Waals surface area contributed by atoms with Crippen molar-refractivity contribution in [2.75, 3.05) is 0 Å². The Morgan fingerprint density at radius 1 is 1.19 bits per heavy atom. The highest BCUT2D eigenvalue weighted by atomic mass is 79.9. The Hall–Kier alpha value is -2.83. The fourth-order valence-electron chi connectivity index (χ4n) is 3.25. The summed E-state index contributed by atoms with van der Waals surface area (Å²) in [5.41, 5.74) is 0.888. The van der Waals surface area contributed by atoms with Crippen LogP contribution in [0, 0.1) is 11.6 Å². The number of fused-ring (bicyclic) bond motifs is 1. The van der Waals surface area contributed by atoms with Crippen LogP contribution in [0.5, 0.6) is 11.8 Å². The summed E-state index contributed by atoms with van der Waals surface area (Å²) in [6.45, 7) is 3.76. The van der Waals surface area contributed by atoms with Crippen molar-refractivity contribution in [3.63, 3.8) is 0 Å². The molecule has 8 nitrogen and oxygen atoms in total. The highest BCUT2D eigenvalue weighted by molar-refractivity contribution is 9.10. The summed E-state index contributed by atoms with van der Waals surface area (Å²) >= 11 is 2.87. The third-order valence-corrected chi connectivity index (χ3v) is 6.94. The number of nitrogens with one attached hydrogen (secondary N) is 2. The van der Waals surface area contributed by atoms with Gasteiger partial charge in [-0.1, -0.05) is 5.10 Å². The topological polar surface area (TPSA) is 102 Å². The maximum absolute atomic E-state index is 14.1. The molecule has 0 aliphatic carbocycles. The van der Waals surface area contributed by atoms with Gasteiger partial charge < -0.3 is 9.72 Å². The molecular weight excluding hydrogens is 508 g/mol. The number of rotatable bonds is 7. The zero-order chi connectivity index (χ0) is 23.0. The van der Waals surface area contributed by atoms with Gasteiger partial charge in [-0.15, -0.1) is 5.10 Å². The van der Waals surface area contributed by atoms with Crippen LogP contribution in [0.3, 0.4) is 0 Å². The van der Waals surface area contributed by atoms with Crippen molar-refractivity contribution < 1.29 is 21.9 Å². The second-order valence-electron chi connectivity index (χ2n) is 6.95. The summed E-state index contributed by atoms with van der Waals surface area (Å²) in [5, 5.41) is 9.11. The summed E-state index contributed by atoms with van der Waals surface area (Å²) in [6.07, 6.45) is 1.82. The second kappa shape index (κ2) is 8.60. The lowest BCUT2D eigenvalue weighted by Crippen LogP contribution is -2.29. The maximum atomic E-state index is 14.1. The van der Waals surface area contributed by atoms with Gasteiger partial charge in [0.05, 0.1) is 10.5 Å². The molecule has 0 saturated carbocycles. The first-order valence-electron chi connectivity index (χ1n) is 9.54. The van der Waals surface area contributed by atoms with Gasteiger partial charge in [0.1, 0.15) is 22.3 Å². The van der Waals surface area contributed by atoms with Gasteiger partial charge >= 0.3 is 6.01 Å². The summed E-state index contributed by atoms with van der Waals surface area (Å²) in [5.74, 6) is -1.31. The van der Waals surface area contributed by atoms with E-state index in [9.17, 15) is 17.2 Å². The normalized spacial score (nSPS) is 12.9. The third kappa shape index (κ3) is 4.25. The van der Waals surface area contributed by atoms with Gasteiger partial charge in [0.15, 0.2) is 5.82 Å². The number of hydrogen-bond acceptors (Lipinski definition) is 5. The summed E-state index contributed by atoms with van der Waals surface area (Å²) in [6, 6.07) is 8.09. The Morgan fingerprint density at radius 3 is 2.72 bits per heavy atom. The number of benzene rings is 2. The van der Waals surface area contributed by atoms with Gasteiger partial charge in [0.25, 0.3) is 0 Å². The van der Waals surface area contributed by atoms with Crippen LogP contribution in [0.15, 0.2) is 52.0 Å². The van der Waals surface area contributed by atoms with Gasteiger partial charge in [-0.05, 0) is 59.4 Å². The molecule has 0 radical (unpaired) electrons. The van der Waals surface area contributed by atoms with Crippen LogP contribution in [0.2, 0.25) is 0 Å². The zero-order valence-electron chi connectivity index (χ0n) is 16.9. The lowest BCUT2D eigenvalue weighted by Gasteiger charge is -2.16. The minimum absolute atomic E-state index is 0.168. The van der Waals surface area contributed by atoms with Gasteiger partial charge in [-0.25, -0.2) is 21.9 Å². The quantitative estimate of drug-likeness (QED) is 0.342. The van der Waals surface area contributed by atoms with Gasteiger partial charge in [-0.2, -0.15) is 0 Å². The molecule has 4 aromatic rings. The van der Waals surface area contributed by atoms with E-state index in [-0.39, 0.29) is 16.3 Å². The zero-order valence-corrected chi connectivity index (χ0v) is 19.3. The van der Waals surface area contributed by atoms with Gasteiger partial charge in [-0.3, -0.25) is 4.57 Å². The molecule has 168 valence electrons. The molecule has 2 aromatic carbocycles. The van der Waals surface area contributed by atoms with E-state index in [0.29, 0.717) is 18.4 Å². The Balaban J connectivity index is 1.59. The Kier molecular flexibility index (Phi) is 6.01. The summed E-state index contributed by atoms with van der Waals surface area (Å²) < 4.78 is 62.7. The Bertz CT molecular complexity index is 1400. The van der Waals surface area contributed by atoms with E-state index in [2.05, 4.69) is 35.8 Å². The van der Waals surface area contributed by atoms with Crippen LogP contribution in [0.25, 0.3) is 10.9 Å². The lowest BCUT2D eigenvalue weighted by molar-refractivity contribution is 0.408. The van der Waals surface area contributed by atoms with Crippen molar-refractivity contribution in [3.05, 3.63) is 64.5 Å². The molecule has 0 aliphatic rings. The second-order valence-corrected chi connectivity index (χ2v) is 9.49. The number of H-pyrrole nitrogens is 1. The molecule has 0 unspecified atom stereocenters. The molecule has 0 spiro atoms. The Morgan fingerprint density at radius 2 is 1.97 bits per heavy atom. The van der Waals surface area contributed by atoms with E-state index in [1.807, 2.05) is 31.3 Å². The van der Waals surface area contributed by atoms with E-state index in [0.717, 1.165) is 17.0 Å². The smallest absolute Gasteiger partial charge is 0.322 e. The van der Waals surface area contributed by atoms with Crippen LogP contribution in [-0.4, -0.2) is 28.2 Å². The fourth-order valence-corrected chi connectivity index (χ4v) is 5.03. The minimum atomic E-state index is -4.32. The maximum Gasteiger partial charge on any atom is 0.322 e. The van der Waals surface area contributed by atoms with E-state index in [4.69, 9.17) is 4.74 Å². The predicted octanol–water partition coefficient (Wildman–Crippen LogP) is 4.65. The molecule has 0 aliphatic heterocycles. The van der Waals surface area contributed by atoms with Crippen molar-refractivity contribution in [1.29, 1.82) is 0 Å². The minimum Gasteiger partial charge on any atom is -0.424 e. The van der Waals surface area contributed by atoms with E-state index >= 15 is 0 Å². The van der Waals surface area contributed by atoms with Crippen molar-refractivity contribution >= 4 is 36.9 Å². The molecule has 32 heavy (non-hydrogen) atoms. The third-order valence-electron chi connectivity index (χ3n) is 4.78. The van der Waals surface area contributed by atoms with Gasteiger partial charge in [0, 0.05) is 30.4 Å². The van der Waals surface area contributed by atoms with Crippen LogP contribution in [-0.2, 0) is 16.6 Å². The average Bonchev–Trinajstić information content (AvgIpc) is 3.36.